The summed E-state index contributed by atoms with van der Waals surface area (Å²) in [6.45, 7) is 0.687. The number of hydrogen-bond donors (Lipinski definition) is 4. The molecule has 0 spiro atoms. The van der Waals surface area contributed by atoms with E-state index in [9.17, 15) is 9.59 Å². The lowest BCUT2D eigenvalue weighted by molar-refractivity contribution is -0.138. The SMILES string of the molecule is NCC[C@H](CC(=O)O)[C@@H](CN)CCC(=O)O. The summed E-state index contributed by atoms with van der Waals surface area (Å²) in [5, 5.41) is 17.3. The molecule has 2 atom stereocenters. The van der Waals surface area contributed by atoms with Crippen LogP contribution in [0.15, 0.2) is 0 Å². The summed E-state index contributed by atoms with van der Waals surface area (Å²) >= 11 is 0. The molecule has 0 aliphatic carbocycles. The van der Waals surface area contributed by atoms with Crippen LogP contribution in [0.5, 0.6) is 0 Å². The zero-order valence-electron chi connectivity index (χ0n) is 9.26. The Kier molecular flexibility index (Phi) is 7.49. The zero-order valence-corrected chi connectivity index (χ0v) is 9.26. The first-order chi connectivity index (χ1) is 7.51. The van der Waals surface area contributed by atoms with Crippen LogP contribution in [-0.4, -0.2) is 35.2 Å². The summed E-state index contributed by atoms with van der Waals surface area (Å²) in [5.74, 6) is -2.00. The minimum atomic E-state index is -0.896. The molecule has 6 N–H and O–H groups in total. The summed E-state index contributed by atoms with van der Waals surface area (Å²) in [6, 6.07) is 0. The van der Waals surface area contributed by atoms with E-state index in [1.165, 1.54) is 0 Å². The van der Waals surface area contributed by atoms with Crippen LogP contribution in [0.4, 0.5) is 0 Å². The van der Waals surface area contributed by atoms with Crippen LogP contribution < -0.4 is 11.5 Å². The third-order valence-corrected chi connectivity index (χ3v) is 2.67. The van der Waals surface area contributed by atoms with Crippen molar-refractivity contribution in [3.8, 4) is 0 Å². The standard InChI is InChI=1S/C10H20N2O4/c11-4-3-7(5-10(15)16)8(6-12)1-2-9(13)14/h7-8H,1-6,11-12H2,(H,13,14)(H,15,16)/t7-,8-/m1/s1. The van der Waals surface area contributed by atoms with E-state index in [2.05, 4.69) is 0 Å². The van der Waals surface area contributed by atoms with Gasteiger partial charge in [0.15, 0.2) is 0 Å². The molecule has 0 unspecified atom stereocenters. The van der Waals surface area contributed by atoms with Gasteiger partial charge in [-0.1, -0.05) is 0 Å². The molecule has 0 amide bonds. The number of aliphatic carboxylic acids is 2. The van der Waals surface area contributed by atoms with Gasteiger partial charge in [-0.3, -0.25) is 9.59 Å². The highest BCUT2D eigenvalue weighted by atomic mass is 16.4. The molecule has 0 fully saturated rings. The molecule has 0 aliphatic heterocycles. The maximum atomic E-state index is 10.6. The van der Waals surface area contributed by atoms with Gasteiger partial charge in [0.1, 0.15) is 0 Å². The highest BCUT2D eigenvalue weighted by Gasteiger charge is 2.22. The number of carboxylic acids is 2. The zero-order chi connectivity index (χ0) is 12.6. The Hall–Kier alpha value is -1.14. The number of hydrogen-bond acceptors (Lipinski definition) is 4. The summed E-state index contributed by atoms with van der Waals surface area (Å²) in [5.41, 5.74) is 10.9. The van der Waals surface area contributed by atoms with Crippen molar-refractivity contribution in [3.63, 3.8) is 0 Å². The highest BCUT2D eigenvalue weighted by molar-refractivity contribution is 5.67. The van der Waals surface area contributed by atoms with Gasteiger partial charge in [0.05, 0.1) is 0 Å². The van der Waals surface area contributed by atoms with E-state index in [1.54, 1.807) is 0 Å². The Morgan fingerprint density at radius 3 is 2.00 bits per heavy atom. The predicted molar refractivity (Wildman–Crippen MR) is 58.8 cm³/mol. The van der Waals surface area contributed by atoms with Gasteiger partial charge in [0.2, 0.25) is 0 Å². The number of rotatable bonds is 9. The van der Waals surface area contributed by atoms with E-state index in [0.717, 1.165) is 0 Å². The van der Waals surface area contributed by atoms with Crippen LogP contribution >= 0.6 is 0 Å². The fourth-order valence-electron chi connectivity index (χ4n) is 1.80. The number of carboxylic acid groups (broad SMARTS) is 2. The van der Waals surface area contributed by atoms with Gasteiger partial charge in [-0.2, -0.15) is 0 Å². The second-order valence-corrected chi connectivity index (χ2v) is 3.86. The Morgan fingerprint density at radius 1 is 1.00 bits per heavy atom. The van der Waals surface area contributed by atoms with E-state index in [4.69, 9.17) is 21.7 Å². The number of nitrogens with two attached hydrogens (primary N) is 2. The molecule has 0 aromatic heterocycles. The monoisotopic (exact) mass is 232 g/mol. The van der Waals surface area contributed by atoms with E-state index in [1.807, 2.05) is 0 Å². The van der Waals surface area contributed by atoms with E-state index in [0.29, 0.717) is 25.9 Å². The first-order valence-corrected chi connectivity index (χ1v) is 5.35. The van der Waals surface area contributed by atoms with E-state index in [-0.39, 0.29) is 24.7 Å². The van der Waals surface area contributed by atoms with Gasteiger partial charge in [0, 0.05) is 12.8 Å². The van der Waals surface area contributed by atoms with Crippen molar-refractivity contribution in [2.75, 3.05) is 13.1 Å². The van der Waals surface area contributed by atoms with Gasteiger partial charge in [-0.05, 0) is 37.8 Å². The molecule has 0 saturated carbocycles. The average molecular weight is 232 g/mol. The van der Waals surface area contributed by atoms with Crippen LogP contribution in [0.25, 0.3) is 0 Å². The molecule has 0 bridgehead atoms. The Labute approximate surface area is 94.6 Å². The molecule has 0 saturated heterocycles. The molecule has 6 nitrogen and oxygen atoms in total. The van der Waals surface area contributed by atoms with Gasteiger partial charge >= 0.3 is 11.9 Å². The molecule has 16 heavy (non-hydrogen) atoms. The first kappa shape index (κ1) is 14.9. The molecule has 6 heteroatoms. The van der Waals surface area contributed by atoms with E-state index >= 15 is 0 Å². The minimum absolute atomic E-state index is 0.00130. The predicted octanol–water partition coefficient (Wildman–Crippen LogP) is -0.134. The van der Waals surface area contributed by atoms with Crippen LogP contribution in [0.3, 0.4) is 0 Å². The second kappa shape index (κ2) is 8.06. The van der Waals surface area contributed by atoms with Crippen molar-refractivity contribution in [3.05, 3.63) is 0 Å². The van der Waals surface area contributed by atoms with Crippen molar-refractivity contribution >= 4 is 11.9 Å². The molecule has 94 valence electrons. The molecule has 0 radical (unpaired) electrons. The summed E-state index contributed by atoms with van der Waals surface area (Å²) in [4.78, 5) is 21.1. The van der Waals surface area contributed by atoms with Crippen molar-refractivity contribution in [1.29, 1.82) is 0 Å². The first-order valence-electron chi connectivity index (χ1n) is 5.35. The van der Waals surface area contributed by atoms with Crippen molar-refractivity contribution in [2.24, 2.45) is 23.3 Å². The molecule has 0 aromatic carbocycles. The third-order valence-electron chi connectivity index (χ3n) is 2.67. The quantitative estimate of drug-likeness (QED) is 0.438. The van der Waals surface area contributed by atoms with Crippen molar-refractivity contribution in [2.45, 2.75) is 25.7 Å². The topological polar surface area (TPSA) is 127 Å². The van der Waals surface area contributed by atoms with Gasteiger partial charge in [-0.25, -0.2) is 0 Å². The minimum Gasteiger partial charge on any atom is -0.481 e. The van der Waals surface area contributed by atoms with Gasteiger partial charge < -0.3 is 21.7 Å². The van der Waals surface area contributed by atoms with Crippen LogP contribution in [0.1, 0.15) is 25.7 Å². The lowest BCUT2D eigenvalue weighted by Gasteiger charge is -2.23. The molecule has 0 heterocycles. The van der Waals surface area contributed by atoms with Crippen LogP contribution in [0, 0.1) is 11.8 Å². The molecular formula is C10H20N2O4. The van der Waals surface area contributed by atoms with E-state index < -0.39 is 11.9 Å². The summed E-state index contributed by atoms with van der Waals surface area (Å²) in [6.07, 6.45) is 0.985. The Bertz CT molecular complexity index is 233. The largest absolute Gasteiger partial charge is 0.481 e. The van der Waals surface area contributed by atoms with Gasteiger partial charge in [0.25, 0.3) is 0 Å². The summed E-state index contributed by atoms with van der Waals surface area (Å²) < 4.78 is 0. The lowest BCUT2D eigenvalue weighted by Crippen LogP contribution is -2.28. The highest BCUT2D eigenvalue weighted by Crippen LogP contribution is 2.23. The van der Waals surface area contributed by atoms with Gasteiger partial charge in [-0.15, -0.1) is 0 Å². The molecule has 0 aliphatic rings. The smallest absolute Gasteiger partial charge is 0.303 e. The van der Waals surface area contributed by atoms with Crippen LogP contribution in [-0.2, 0) is 9.59 Å². The second-order valence-electron chi connectivity index (χ2n) is 3.86. The maximum Gasteiger partial charge on any atom is 0.303 e. The Morgan fingerprint density at radius 2 is 1.62 bits per heavy atom. The van der Waals surface area contributed by atoms with Crippen molar-refractivity contribution in [1.82, 2.24) is 0 Å². The van der Waals surface area contributed by atoms with Crippen molar-refractivity contribution < 1.29 is 19.8 Å². The third kappa shape index (κ3) is 6.36. The lowest BCUT2D eigenvalue weighted by atomic mass is 9.83. The maximum absolute atomic E-state index is 10.6. The number of carbonyl (C=O) groups is 2. The summed E-state index contributed by atoms with van der Waals surface area (Å²) in [7, 11) is 0. The fraction of sp³-hybridized carbons (Fsp3) is 0.800. The normalized spacial score (nSPS) is 14.4. The molecule has 0 aromatic rings. The average Bonchev–Trinajstić information content (AvgIpc) is 2.17. The van der Waals surface area contributed by atoms with Crippen LogP contribution in [0.2, 0.25) is 0 Å². The molecular weight excluding hydrogens is 212 g/mol. The fourth-order valence-corrected chi connectivity index (χ4v) is 1.80. The molecule has 0 rings (SSSR count). The Balaban J connectivity index is 4.31.